The number of benzene rings is 1. The summed E-state index contributed by atoms with van der Waals surface area (Å²) in [5, 5.41) is 3.35. The van der Waals surface area contributed by atoms with Gasteiger partial charge < -0.3 is 19.5 Å². The van der Waals surface area contributed by atoms with Crippen molar-refractivity contribution in [2.45, 2.75) is 44.6 Å². The van der Waals surface area contributed by atoms with Gasteiger partial charge in [-0.15, -0.1) is 0 Å². The van der Waals surface area contributed by atoms with Gasteiger partial charge in [0.15, 0.2) is 0 Å². The van der Waals surface area contributed by atoms with E-state index in [4.69, 9.17) is 14.2 Å². The third-order valence-corrected chi connectivity index (χ3v) is 5.69. The van der Waals surface area contributed by atoms with Crippen LogP contribution in [0.15, 0.2) is 47.8 Å². The molecule has 0 saturated heterocycles. The number of pyridine rings is 1. The summed E-state index contributed by atoms with van der Waals surface area (Å²) in [6.07, 6.45) is 6.28. The van der Waals surface area contributed by atoms with E-state index in [1.165, 1.54) is 20.0 Å². The Morgan fingerprint density at radius 1 is 1.14 bits per heavy atom. The molecule has 2 aliphatic rings. The van der Waals surface area contributed by atoms with Gasteiger partial charge in [-0.3, -0.25) is 0 Å². The van der Waals surface area contributed by atoms with Crippen LogP contribution in [-0.2, 0) is 9.53 Å². The van der Waals surface area contributed by atoms with E-state index in [0.717, 1.165) is 35.4 Å². The highest BCUT2D eigenvalue weighted by atomic mass is 16.5. The highest BCUT2D eigenvalue weighted by Crippen LogP contribution is 2.48. The predicted molar refractivity (Wildman–Crippen MR) is 110 cm³/mol. The minimum Gasteiger partial charge on any atom is -0.496 e. The maximum absolute atomic E-state index is 12.8. The molecule has 1 aliphatic carbocycles. The number of hydrogen-bond donors (Lipinski definition) is 1. The number of fused-ring (bicyclic) bond motifs is 1. The molecule has 1 atom stereocenters. The molecule has 1 fully saturated rings. The largest absolute Gasteiger partial charge is 0.496 e. The first-order valence-electron chi connectivity index (χ1n) is 9.98. The molecule has 1 saturated carbocycles. The average molecular weight is 394 g/mol. The van der Waals surface area contributed by atoms with Gasteiger partial charge in [0.2, 0.25) is 5.88 Å². The van der Waals surface area contributed by atoms with Gasteiger partial charge in [0.1, 0.15) is 11.9 Å². The Balaban J connectivity index is 1.91. The van der Waals surface area contributed by atoms with E-state index in [-0.39, 0.29) is 12.1 Å². The number of anilines is 1. The molecule has 0 spiro atoms. The maximum atomic E-state index is 12.8. The molecular weight excluding hydrogens is 368 g/mol. The van der Waals surface area contributed by atoms with Crippen molar-refractivity contribution in [2.24, 2.45) is 0 Å². The summed E-state index contributed by atoms with van der Waals surface area (Å²) in [6.45, 7) is 1.88. The zero-order chi connectivity index (χ0) is 20.4. The lowest BCUT2D eigenvalue weighted by Crippen LogP contribution is -2.26. The second-order valence-electron chi connectivity index (χ2n) is 7.43. The molecule has 1 N–H and O–H groups in total. The minimum absolute atomic E-state index is 0.154. The van der Waals surface area contributed by atoms with Crippen LogP contribution in [0.4, 0.5) is 5.69 Å². The van der Waals surface area contributed by atoms with Crippen LogP contribution in [0.2, 0.25) is 0 Å². The molecule has 4 rings (SSSR count). The van der Waals surface area contributed by atoms with Crippen molar-refractivity contribution in [1.82, 2.24) is 4.98 Å². The number of carbonyl (C=O) groups is 1. The third kappa shape index (κ3) is 3.55. The van der Waals surface area contributed by atoms with Crippen LogP contribution in [0, 0.1) is 0 Å². The Labute approximate surface area is 170 Å². The van der Waals surface area contributed by atoms with Crippen LogP contribution >= 0.6 is 0 Å². The van der Waals surface area contributed by atoms with Crippen molar-refractivity contribution in [2.75, 3.05) is 19.5 Å². The smallest absolute Gasteiger partial charge is 0.336 e. The zero-order valence-electron chi connectivity index (χ0n) is 17.0. The van der Waals surface area contributed by atoms with E-state index in [1.807, 2.05) is 37.3 Å². The lowest BCUT2D eigenvalue weighted by atomic mass is 9.80. The quantitative estimate of drug-likeness (QED) is 0.758. The molecule has 0 radical (unpaired) electrons. The first kappa shape index (κ1) is 19.3. The normalized spacial score (nSPS) is 18.8. The Bertz CT molecular complexity index is 948. The van der Waals surface area contributed by atoms with Crippen LogP contribution < -0.4 is 14.8 Å². The van der Waals surface area contributed by atoms with E-state index < -0.39 is 5.92 Å². The van der Waals surface area contributed by atoms with E-state index >= 15 is 0 Å². The topological polar surface area (TPSA) is 69.7 Å². The molecule has 1 aliphatic heterocycles. The molecule has 0 amide bonds. The molecule has 29 heavy (non-hydrogen) atoms. The van der Waals surface area contributed by atoms with Crippen molar-refractivity contribution in [3.8, 4) is 11.6 Å². The van der Waals surface area contributed by atoms with Gasteiger partial charge in [-0.05, 0) is 44.7 Å². The lowest BCUT2D eigenvalue weighted by Gasteiger charge is -2.32. The standard InChI is InChI=1S/C23H26N2O4/c1-14-19(23(26)28-3)20(16-10-6-7-11-18(16)27-2)21-17(25-14)12-13-24-22(21)29-15-8-4-5-9-15/h6-7,10-13,15,20,25H,4-5,8-9H2,1-3H3. The van der Waals surface area contributed by atoms with Gasteiger partial charge in [-0.25, -0.2) is 9.78 Å². The van der Waals surface area contributed by atoms with Crippen molar-refractivity contribution < 1.29 is 19.0 Å². The fourth-order valence-corrected chi connectivity index (χ4v) is 4.33. The second-order valence-corrected chi connectivity index (χ2v) is 7.43. The molecule has 2 heterocycles. The first-order valence-corrected chi connectivity index (χ1v) is 9.98. The fourth-order valence-electron chi connectivity index (χ4n) is 4.33. The van der Waals surface area contributed by atoms with Gasteiger partial charge in [0.05, 0.1) is 31.3 Å². The predicted octanol–water partition coefficient (Wildman–Crippen LogP) is 4.42. The van der Waals surface area contributed by atoms with Gasteiger partial charge in [-0.2, -0.15) is 0 Å². The third-order valence-electron chi connectivity index (χ3n) is 5.69. The van der Waals surface area contributed by atoms with Crippen LogP contribution in [0.5, 0.6) is 11.6 Å². The lowest BCUT2D eigenvalue weighted by molar-refractivity contribution is -0.136. The van der Waals surface area contributed by atoms with Crippen LogP contribution in [0.3, 0.4) is 0 Å². The van der Waals surface area contributed by atoms with Gasteiger partial charge in [0, 0.05) is 23.1 Å². The number of methoxy groups -OCH3 is 2. The number of para-hydroxylation sites is 1. The summed E-state index contributed by atoms with van der Waals surface area (Å²) in [4.78, 5) is 17.4. The summed E-state index contributed by atoms with van der Waals surface area (Å²) in [6, 6.07) is 9.64. The minimum atomic E-state index is -0.403. The number of ether oxygens (including phenoxy) is 3. The SMILES string of the molecule is COC(=O)C1=C(C)Nc2ccnc(OC3CCCC3)c2C1c1ccccc1OC. The molecule has 2 aromatic rings. The van der Waals surface area contributed by atoms with E-state index in [9.17, 15) is 4.79 Å². The first-order chi connectivity index (χ1) is 14.1. The Hall–Kier alpha value is -3.02. The molecule has 152 valence electrons. The van der Waals surface area contributed by atoms with E-state index in [2.05, 4.69) is 10.3 Å². The van der Waals surface area contributed by atoms with E-state index in [0.29, 0.717) is 17.2 Å². The van der Waals surface area contributed by atoms with E-state index in [1.54, 1.807) is 13.3 Å². The molecule has 6 nitrogen and oxygen atoms in total. The number of hydrogen-bond acceptors (Lipinski definition) is 6. The monoisotopic (exact) mass is 394 g/mol. The molecule has 1 unspecified atom stereocenters. The van der Waals surface area contributed by atoms with Gasteiger partial charge in [0.25, 0.3) is 0 Å². The summed E-state index contributed by atoms with van der Waals surface area (Å²) >= 11 is 0. The molecule has 1 aromatic heterocycles. The number of carbonyl (C=O) groups excluding carboxylic acids is 1. The number of aromatic nitrogens is 1. The highest BCUT2D eigenvalue weighted by molar-refractivity contribution is 5.95. The maximum Gasteiger partial charge on any atom is 0.336 e. The average Bonchev–Trinajstić information content (AvgIpc) is 3.25. The van der Waals surface area contributed by atoms with Crippen molar-refractivity contribution in [3.05, 3.63) is 58.9 Å². The van der Waals surface area contributed by atoms with Gasteiger partial charge >= 0.3 is 5.97 Å². The Morgan fingerprint density at radius 3 is 2.62 bits per heavy atom. The Morgan fingerprint density at radius 2 is 1.90 bits per heavy atom. The summed E-state index contributed by atoms with van der Waals surface area (Å²) in [7, 11) is 3.03. The summed E-state index contributed by atoms with van der Waals surface area (Å²) in [5.41, 5.74) is 3.89. The molecule has 6 heteroatoms. The fraction of sp³-hybridized carbons (Fsp3) is 0.391. The van der Waals surface area contributed by atoms with Crippen molar-refractivity contribution in [3.63, 3.8) is 0 Å². The number of allylic oxidation sites excluding steroid dienone is 1. The van der Waals surface area contributed by atoms with Crippen LogP contribution in [-0.4, -0.2) is 31.3 Å². The van der Waals surface area contributed by atoms with Crippen LogP contribution in [0.25, 0.3) is 0 Å². The molecule has 1 aromatic carbocycles. The second kappa shape index (κ2) is 8.15. The van der Waals surface area contributed by atoms with Gasteiger partial charge in [-0.1, -0.05) is 18.2 Å². The van der Waals surface area contributed by atoms with Crippen LogP contribution in [0.1, 0.15) is 49.7 Å². The summed E-state index contributed by atoms with van der Waals surface area (Å²) < 4.78 is 17.1. The number of nitrogens with zero attached hydrogens (tertiary/aromatic N) is 1. The summed E-state index contributed by atoms with van der Waals surface area (Å²) in [5.74, 6) is 0.481. The molecular formula is C23H26N2O4. The number of rotatable bonds is 5. The number of esters is 1. The van der Waals surface area contributed by atoms with Crippen molar-refractivity contribution >= 4 is 11.7 Å². The zero-order valence-corrected chi connectivity index (χ0v) is 17.0. The number of nitrogens with one attached hydrogen (secondary N) is 1. The van der Waals surface area contributed by atoms with Crippen molar-refractivity contribution in [1.29, 1.82) is 0 Å². The highest BCUT2D eigenvalue weighted by Gasteiger charge is 2.38. The Kier molecular flexibility index (Phi) is 5.43. The molecule has 0 bridgehead atoms.